The minimum Gasteiger partial charge on any atom is -0.478 e. The number of carboxylic acid groups (broad SMARTS) is 1. The van der Waals surface area contributed by atoms with Gasteiger partial charge in [-0.3, -0.25) is 4.98 Å². The molecule has 2 rings (SSSR count). The lowest BCUT2D eigenvalue weighted by molar-refractivity contribution is 0.0697. The monoisotopic (exact) mass is 310 g/mol. The minimum atomic E-state index is -1.10. The van der Waals surface area contributed by atoms with Crippen LogP contribution in [-0.2, 0) is 0 Å². The average Bonchev–Trinajstić information content (AvgIpc) is 2.34. The Morgan fingerprint density at radius 2 is 2.11 bits per heavy atom. The van der Waals surface area contributed by atoms with E-state index in [2.05, 4.69) is 26.2 Å². The number of halogens is 2. The third-order valence-electron chi connectivity index (χ3n) is 2.25. The molecule has 18 heavy (non-hydrogen) atoms. The lowest BCUT2D eigenvalue weighted by atomic mass is 10.2. The van der Waals surface area contributed by atoms with Crippen LogP contribution in [0.1, 0.15) is 10.4 Å². The van der Waals surface area contributed by atoms with E-state index in [-0.39, 0.29) is 5.56 Å². The third-order valence-corrected chi connectivity index (χ3v) is 2.94. The van der Waals surface area contributed by atoms with Crippen LogP contribution in [0, 0.1) is 5.82 Å². The second kappa shape index (κ2) is 5.14. The molecule has 0 spiro atoms. The number of carboxylic acids is 1. The summed E-state index contributed by atoms with van der Waals surface area (Å²) in [5, 5.41) is 11.9. The molecule has 0 amide bonds. The van der Waals surface area contributed by atoms with Crippen molar-refractivity contribution in [3.8, 4) is 0 Å². The van der Waals surface area contributed by atoms with Gasteiger partial charge in [-0.1, -0.05) is 0 Å². The number of aromatic nitrogens is 1. The number of nitrogens with one attached hydrogen (secondary N) is 1. The van der Waals surface area contributed by atoms with Gasteiger partial charge in [0, 0.05) is 16.9 Å². The van der Waals surface area contributed by atoms with Crippen LogP contribution in [0.25, 0.3) is 0 Å². The molecule has 1 heterocycles. The molecule has 0 fully saturated rings. The Hall–Kier alpha value is -1.95. The highest BCUT2D eigenvalue weighted by atomic mass is 79.9. The number of nitrogens with zero attached hydrogens (tertiary/aromatic N) is 1. The number of hydrogen-bond acceptors (Lipinski definition) is 3. The van der Waals surface area contributed by atoms with E-state index in [4.69, 9.17) is 5.11 Å². The van der Waals surface area contributed by atoms with E-state index in [1.165, 1.54) is 30.6 Å². The highest BCUT2D eigenvalue weighted by Gasteiger charge is 2.11. The van der Waals surface area contributed by atoms with Gasteiger partial charge < -0.3 is 10.4 Å². The molecule has 0 radical (unpaired) electrons. The van der Waals surface area contributed by atoms with Gasteiger partial charge >= 0.3 is 5.97 Å². The van der Waals surface area contributed by atoms with Crippen molar-refractivity contribution in [2.45, 2.75) is 0 Å². The summed E-state index contributed by atoms with van der Waals surface area (Å²) in [5.74, 6) is -1.51. The van der Waals surface area contributed by atoms with Gasteiger partial charge in [0.25, 0.3) is 0 Å². The lowest BCUT2D eigenvalue weighted by Gasteiger charge is -2.10. The summed E-state index contributed by atoms with van der Waals surface area (Å²) < 4.78 is 13.8. The Kier molecular flexibility index (Phi) is 3.57. The van der Waals surface area contributed by atoms with E-state index >= 15 is 0 Å². The third kappa shape index (κ3) is 2.65. The van der Waals surface area contributed by atoms with Crippen molar-refractivity contribution in [2.75, 3.05) is 5.32 Å². The number of anilines is 2. The fourth-order valence-corrected chi connectivity index (χ4v) is 1.76. The molecule has 2 N–H and O–H groups in total. The number of hydrogen-bond donors (Lipinski definition) is 2. The Morgan fingerprint density at radius 3 is 2.83 bits per heavy atom. The zero-order valence-corrected chi connectivity index (χ0v) is 10.6. The van der Waals surface area contributed by atoms with Crippen LogP contribution < -0.4 is 5.32 Å². The highest BCUT2D eigenvalue weighted by Crippen LogP contribution is 2.27. The number of benzene rings is 1. The first-order valence-corrected chi connectivity index (χ1v) is 5.76. The normalized spacial score (nSPS) is 10.1. The molecule has 0 aliphatic heterocycles. The summed E-state index contributed by atoms with van der Waals surface area (Å²) >= 11 is 3.26. The molecule has 0 aliphatic rings. The predicted octanol–water partition coefficient (Wildman–Crippen LogP) is 3.43. The minimum absolute atomic E-state index is 0.0219. The van der Waals surface area contributed by atoms with Crippen molar-refractivity contribution in [3.05, 3.63) is 52.5 Å². The van der Waals surface area contributed by atoms with Gasteiger partial charge in [-0.15, -0.1) is 0 Å². The van der Waals surface area contributed by atoms with Crippen LogP contribution in [-0.4, -0.2) is 16.1 Å². The first-order valence-electron chi connectivity index (χ1n) is 4.97. The van der Waals surface area contributed by atoms with Crippen LogP contribution in [0.5, 0.6) is 0 Å². The molecular weight excluding hydrogens is 303 g/mol. The van der Waals surface area contributed by atoms with Crippen molar-refractivity contribution in [1.29, 1.82) is 0 Å². The summed E-state index contributed by atoms with van der Waals surface area (Å²) in [6.45, 7) is 0. The number of pyridine rings is 1. The van der Waals surface area contributed by atoms with Gasteiger partial charge in [0.15, 0.2) is 0 Å². The first kappa shape index (κ1) is 12.5. The highest BCUT2D eigenvalue weighted by molar-refractivity contribution is 9.10. The largest absolute Gasteiger partial charge is 0.478 e. The van der Waals surface area contributed by atoms with Crippen molar-refractivity contribution in [3.63, 3.8) is 0 Å². The molecule has 1 aromatic heterocycles. The standard InChI is InChI=1S/C12H8BrFN2O2/c13-9-2-1-7(14)5-11(9)16-10-3-4-15-6-8(10)12(17)18/h1-6H,(H,15,16)(H,17,18). The van der Waals surface area contributed by atoms with Gasteiger partial charge in [0.1, 0.15) is 11.4 Å². The Morgan fingerprint density at radius 1 is 1.33 bits per heavy atom. The predicted molar refractivity (Wildman–Crippen MR) is 68.6 cm³/mol. The van der Waals surface area contributed by atoms with E-state index in [0.717, 1.165) is 0 Å². The molecule has 1 aromatic carbocycles. The van der Waals surface area contributed by atoms with Gasteiger partial charge in [0.05, 0.1) is 11.4 Å². The van der Waals surface area contributed by atoms with Gasteiger partial charge in [-0.05, 0) is 40.2 Å². The Labute approximate surface area is 111 Å². The van der Waals surface area contributed by atoms with Crippen molar-refractivity contribution < 1.29 is 14.3 Å². The van der Waals surface area contributed by atoms with Crippen molar-refractivity contribution in [2.24, 2.45) is 0 Å². The van der Waals surface area contributed by atoms with Crippen molar-refractivity contribution in [1.82, 2.24) is 4.98 Å². The molecule has 0 unspecified atom stereocenters. The van der Waals surface area contributed by atoms with E-state index in [1.807, 2.05) is 0 Å². The Bertz CT molecular complexity index is 604. The average molecular weight is 311 g/mol. The molecular formula is C12H8BrFN2O2. The van der Waals surface area contributed by atoms with E-state index in [1.54, 1.807) is 6.07 Å². The Balaban J connectivity index is 2.40. The SMILES string of the molecule is O=C(O)c1cnccc1Nc1cc(F)ccc1Br. The summed E-state index contributed by atoms with van der Waals surface area (Å²) in [5.41, 5.74) is 0.821. The smallest absolute Gasteiger partial charge is 0.339 e. The maximum Gasteiger partial charge on any atom is 0.339 e. The summed E-state index contributed by atoms with van der Waals surface area (Å²) in [7, 11) is 0. The van der Waals surface area contributed by atoms with Crippen LogP contribution in [0.3, 0.4) is 0 Å². The van der Waals surface area contributed by atoms with Gasteiger partial charge in [0.2, 0.25) is 0 Å². The summed E-state index contributed by atoms with van der Waals surface area (Å²) in [4.78, 5) is 14.7. The molecule has 0 bridgehead atoms. The zero-order chi connectivity index (χ0) is 13.1. The molecule has 92 valence electrons. The van der Waals surface area contributed by atoms with Crippen LogP contribution in [0.4, 0.5) is 15.8 Å². The topological polar surface area (TPSA) is 62.2 Å². The van der Waals surface area contributed by atoms with E-state index in [9.17, 15) is 9.18 Å². The van der Waals surface area contributed by atoms with Crippen LogP contribution >= 0.6 is 15.9 Å². The second-order valence-corrected chi connectivity index (χ2v) is 4.33. The number of carbonyl (C=O) groups is 1. The number of rotatable bonds is 3. The van der Waals surface area contributed by atoms with E-state index in [0.29, 0.717) is 15.8 Å². The maximum atomic E-state index is 13.1. The zero-order valence-electron chi connectivity index (χ0n) is 9.02. The van der Waals surface area contributed by atoms with Crippen LogP contribution in [0.15, 0.2) is 41.1 Å². The summed E-state index contributed by atoms with van der Waals surface area (Å²) in [6.07, 6.45) is 2.69. The molecule has 0 saturated heterocycles. The summed E-state index contributed by atoms with van der Waals surface area (Å²) in [6, 6.07) is 5.64. The van der Waals surface area contributed by atoms with Gasteiger partial charge in [-0.25, -0.2) is 9.18 Å². The fraction of sp³-hybridized carbons (Fsp3) is 0. The van der Waals surface area contributed by atoms with Crippen molar-refractivity contribution >= 4 is 33.3 Å². The molecule has 0 atom stereocenters. The molecule has 0 saturated carbocycles. The molecule has 2 aromatic rings. The quantitative estimate of drug-likeness (QED) is 0.911. The molecule has 6 heteroatoms. The second-order valence-electron chi connectivity index (χ2n) is 3.48. The van der Waals surface area contributed by atoms with E-state index < -0.39 is 11.8 Å². The first-order chi connectivity index (χ1) is 8.58. The molecule has 4 nitrogen and oxygen atoms in total. The van der Waals surface area contributed by atoms with Gasteiger partial charge in [-0.2, -0.15) is 0 Å². The van der Waals surface area contributed by atoms with Crippen LogP contribution in [0.2, 0.25) is 0 Å². The fourth-order valence-electron chi connectivity index (χ4n) is 1.41. The molecule has 0 aliphatic carbocycles. The lowest BCUT2D eigenvalue weighted by Crippen LogP contribution is -2.03. The number of aromatic carboxylic acids is 1. The maximum absolute atomic E-state index is 13.1.